The third-order valence-electron chi connectivity index (χ3n) is 5.59. The number of quaternary nitrogens is 1. The Morgan fingerprint density at radius 1 is 1.03 bits per heavy atom. The van der Waals surface area contributed by atoms with Crippen molar-refractivity contribution in [1.29, 1.82) is 0 Å². The molecule has 1 amide bonds. The van der Waals surface area contributed by atoms with E-state index in [2.05, 4.69) is 0 Å². The molecule has 1 saturated heterocycles. The number of benzene rings is 2. The average molecular weight is 487 g/mol. The Balaban J connectivity index is 2.13. The van der Waals surface area contributed by atoms with Gasteiger partial charge in [0.1, 0.15) is 0 Å². The van der Waals surface area contributed by atoms with Crippen LogP contribution >= 0.6 is 11.6 Å². The van der Waals surface area contributed by atoms with Crippen LogP contribution in [0.25, 0.3) is 5.76 Å². The summed E-state index contributed by atoms with van der Waals surface area (Å²) in [5, 5.41) is 13.9. The van der Waals surface area contributed by atoms with E-state index >= 15 is 0 Å². The van der Waals surface area contributed by atoms with Gasteiger partial charge in [0.2, 0.25) is 5.78 Å². The van der Waals surface area contributed by atoms with Crippen LogP contribution in [0.5, 0.6) is 11.5 Å². The van der Waals surface area contributed by atoms with Gasteiger partial charge in [0.25, 0.3) is 5.91 Å². The largest absolute Gasteiger partial charge is 0.872 e. The maximum absolute atomic E-state index is 13.5. The van der Waals surface area contributed by atoms with Gasteiger partial charge in [-0.1, -0.05) is 35.6 Å². The monoisotopic (exact) mass is 486 g/mol. The van der Waals surface area contributed by atoms with E-state index in [4.69, 9.17) is 21.1 Å². The van der Waals surface area contributed by atoms with E-state index in [1.807, 2.05) is 27.9 Å². The number of ether oxygens (including phenoxy) is 2. The molecule has 0 spiro atoms. The number of nitrogens with one attached hydrogen (secondary N) is 1. The van der Waals surface area contributed by atoms with Crippen LogP contribution < -0.4 is 19.5 Å². The first-order valence-electron chi connectivity index (χ1n) is 11.5. The summed E-state index contributed by atoms with van der Waals surface area (Å²) in [7, 11) is 4.05. The minimum Gasteiger partial charge on any atom is -0.872 e. The van der Waals surface area contributed by atoms with Crippen molar-refractivity contribution in [3.63, 3.8) is 0 Å². The molecule has 1 N–H and O–H groups in total. The summed E-state index contributed by atoms with van der Waals surface area (Å²) in [6.45, 7) is 5.80. The van der Waals surface area contributed by atoms with Crippen LogP contribution in [0.1, 0.15) is 37.4 Å². The number of Topliss-reactive ketones (excluding diaryl/α,β-unsaturated/α-hetero) is 1. The lowest BCUT2D eigenvalue weighted by atomic mass is 9.95. The highest BCUT2D eigenvalue weighted by Crippen LogP contribution is 2.41. The summed E-state index contributed by atoms with van der Waals surface area (Å²) in [6, 6.07) is 10.8. The molecule has 2 aromatic carbocycles. The van der Waals surface area contributed by atoms with E-state index < -0.39 is 23.5 Å². The fraction of sp³-hybridized carbons (Fsp3) is 0.385. The minimum atomic E-state index is -0.810. The number of amides is 1. The van der Waals surface area contributed by atoms with E-state index in [9.17, 15) is 14.7 Å². The zero-order valence-corrected chi connectivity index (χ0v) is 20.8. The van der Waals surface area contributed by atoms with Gasteiger partial charge < -0.3 is 24.4 Å². The lowest BCUT2D eigenvalue weighted by molar-refractivity contribution is -0.858. The molecule has 1 atom stereocenters. The number of carbonyl (C=O) groups is 2. The molecule has 0 radical (unpaired) electrons. The van der Waals surface area contributed by atoms with Gasteiger partial charge in [-0.05, 0) is 49.2 Å². The van der Waals surface area contributed by atoms with Gasteiger partial charge in [-0.15, -0.1) is 0 Å². The molecule has 34 heavy (non-hydrogen) atoms. The van der Waals surface area contributed by atoms with E-state index in [-0.39, 0.29) is 5.57 Å². The predicted octanol–water partition coefficient (Wildman–Crippen LogP) is 1.90. The van der Waals surface area contributed by atoms with E-state index in [1.54, 1.807) is 42.5 Å². The van der Waals surface area contributed by atoms with Gasteiger partial charge >= 0.3 is 0 Å². The Bertz CT molecular complexity index is 1070. The van der Waals surface area contributed by atoms with Gasteiger partial charge in [0.05, 0.1) is 39.9 Å². The van der Waals surface area contributed by atoms with Crippen molar-refractivity contribution >= 4 is 29.1 Å². The van der Waals surface area contributed by atoms with Gasteiger partial charge in [-0.3, -0.25) is 9.59 Å². The third kappa shape index (κ3) is 5.54. The third-order valence-corrected chi connectivity index (χ3v) is 5.85. The summed E-state index contributed by atoms with van der Waals surface area (Å²) in [6.07, 6.45) is 0.690. The topological polar surface area (TPSA) is 83.3 Å². The number of carbonyl (C=O) groups excluding carboxylic acids is 2. The average Bonchev–Trinajstić information content (AvgIpc) is 3.05. The molecule has 0 saturated carbocycles. The van der Waals surface area contributed by atoms with Gasteiger partial charge in [-0.25, -0.2) is 0 Å². The van der Waals surface area contributed by atoms with Crippen LogP contribution in [0.15, 0.2) is 48.0 Å². The molecule has 0 aliphatic carbocycles. The summed E-state index contributed by atoms with van der Waals surface area (Å²) < 4.78 is 11.4. The second-order valence-electron chi connectivity index (χ2n) is 8.36. The number of rotatable bonds is 10. The van der Waals surface area contributed by atoms with Crippen LogP contribution in [0, 0.1) is 0 Å². The fourth-order valence-electron chi connectivity index (χ4n) is 4.04. The molecule has 7 nitrogen and oxygen atoms in total. The molecular formula is C26H31ClN2O5. The number of hydrogen-bond acceptors (Lipinski definition) is 5. The number of likely N-dealkylation sites (tertiary alicyclic amines) is 1. The maximum Gasteiger partial charge on any atom is 0.295 e. The summed E-state index contributed by atoms with van der Waals surface area (Å²) >= 11 is 5.97. The molecule has 1 heterocycles. The van der Waals surface area contributed by atoms with Crippen LogP contribution in [-0.2, 0) is 9.59 Å². The lowest BCUT2D eigenvalue weighted by Crippen LogP contribution is -3.05. The van der Waals surface area contributed by atoms with Crippen molar-refractivity contribution in [2.24, 2.45) is 0 Å². The highest BCUT2D eigenvalue weighted by Gasteiger charge is 2.44. The molecule has 1 fully saturated rings. The van der Waals surface area contributed by atoms with E-state index in [0.29, 0.717) is 53.8 Å². The number of ketones is 1. The van der Waals surface area contributed by atoms with Crippen molar-refractivity contribution < 1.29 is 29.1 Å². The van der Waals surface area contributed by atoms with Crippen molar-refractivity contribution in [3.8, 4) is 11.5 Å². The highest BCUT2D eigenvalue weighted by atomic mass is 35.5. The number of hydrogen-bond donors (Lipinski definition) is 1. The normalized spacial score (nSPS) is 17.5. The van der Waals surface area contributed by atoms with Crippen LogP contribution in [0.4, 0.5) is 0 Å². The molecule has 8 heteroatoms. The molecule has 3 rings (SSSR count). The standard InChI is InChI=1S/C26H31ClN2O5/c1-5-33-20-13-10-18(16-21(20)34-6-2)23-22(24(30)17-8-11-19(27)12-9-17)25(31)26(32)29(23)15-7-14-28(3)4/h8-13,16,23,30H,5-7,14-15H2,1-4H3. The zero-order valence-electron chi connectivity index (χ0n) is 20.0. The zero-order chi connectivity index (χ0) is 24.8. The quantitative estimate of drug-likeness (QED) is 0.315. The van der Waals surface area contributed by atoms with Crippen molar-refractivity contribution in [2.75, 3.05) is 40.4 Å². The van der Waals surface area contributed by atoms with Crippen LogP contribution in [0.3, 0.4) is 0 Å². The van der Waals surface area contributed by atoms with Gasteiger partial charge in [0.15, 0.2) is 11.5 Å². The predicted molar refractivity (Wildman–Crippen MR) is 129 cm³/mol. The van der Waals surface area contributed by atoms with Gasteiger partial charge in [0, 0.05) is 23.6 Å². The summed E-state index contributed by atoms with van der Waals surface area (Å²) in [5.74, 6) is -0.841. The Labute approximate surface area is 205 Å². The highest BCUT2D eigenvalue weighted by molar-refractivity contribution is 6.46. The summed E-state index contributed by atoms with van der Waals surface area (Å²) in [4.78, 5) is 28.9. The molecular weight excluding hydrogens is 456 g/mol. The van der Waals surface area contributed by atoms with Crippen molar-refractivity contribution in [2.45, 2.75) is 26.3 Å². The summed E-state index contributed by atoms with van der Waals surface area (Å²) in [5.41, 5.74) is 0.873. The minimum absolute atomic E-state index is 0.0591. The molecule has 2 aromatic rings. The van der Waals surface area contributed by atoms with Crippen molar-refractivity contribution in [1.82, 2.24) is 4.90 Å². The Kier molecular flexibility index (Phi) is 8.58. The van der Waals surface area contributed by atoms with Crippen molar-refractivity contribution in [3.05, 3.63) is 64.2 Å². The Hall–Kier alpha value is -3.03. The molecule has 182 valence electrons. The first-order chi connectivity index (χ1) is 16.3. The molecule has 1 aliphatic heterocycles. The second-order valence-corrected chi connectivity index (χ2v) is 8.80. The Morgan fingerprint density at radius 3 is 2.29 bits per heavy atom. The number of nitrogens with zero attached hydrogens (tertiary/aromatic N) is 1. The smallest absolute Gasteiger partial charge is 0.295 e. The molecule has 0 bridgehead atoms. The first-order valence-corrected chi connectivity index (χ1v) is 11.9. The van der Waals surface area contributed by atoms with Crippen LogP contribution in [0.2, 0.25) is 5.02 Å². The fourth-order valence-corrected chi connectivity index (χ4v) is 4.17. The molecule has 1 unspecified atom stereocenters. The molecule has 1 aliphatic rings. The Morgan fingerprint density at radius 2 is 1.68 bits per heavy atom. The first kappa shape index (κ1) is 25.6. The second kappa shape index (κ2) is 11.4. The van der Waals surface area contributed by atoms with E-state index in [0.717, 1.165) is 6.54 Å². The van der Waals surface area contributed by atoms with Crippen LogP contribution in [-0.4, -0.2) is 57.0 Å². The molecule has 0 aromatic heterocycles. The van der Waals surface area contributed by atoms with Gasteiger partial charge in [-0.2, -0.15) is 0 Å². The maximum atomic E-state index is 13.5. The lowest BCUT2D eigenvalue weighted by Gasteiger charge is -2.28. The SMILES string of the molecule is CCOc1ccc(C2C(=C([O-])c3ccc(Cl)cc3)C(=O)C(=O)N2CCC[NH+](C)C)cc1OCC. The number of halogens is 1. The van der Waals surface area contributed by atoms with E-state index in [1.165, 1.54) is 9.80 Å².